The molecular weight excluding hydrogens is 634 g/mol. The maximum atomic E-state index is 9.87. The van der Waals surface area contributed by atoms with E-state index in [1.165, 1.54) is 0 Å². The van der Waals surface area contributed by atoms with Crippen molar-refractivity contribution < 1.29 is 59.5 Å². The Kier molecular flexibility index (Phi) is 8.27. The van der Waals surface area contributed by atoms with Gasteiger partial charge in [-0.2, -0.15) is 19.7 Å². The summed E-state index contributed by atoms with van der Waals surface area (Å²) in [4.78, 5) is 0. The molecular formula is C24H16F12N4P2. The Labute approximate surface area is 229 Å². The zero-order valence-corrected chi connectivity index (χ0v) is 22.2. The summed E-state index contributed by atoms with van der Waals surface area (Å²) >= 11 is 0. The zero-order chi connectivity index (χ0) is 32.2. The average molecular weight is 650 g/mol. The number of pyridine rings is 2. The van der Waals surface area contributed by atoms with Crippen LogP contribution in [0.4, 0.5) is 50.4 Å². The van der Waals surface area contributed by atoms with E-state index in [1.54, 1.807) is 0 Å². The van der Waals surface area contributed by atoms with E-state index < -0.39 is 15.6 Å². The van der Waals surface area contributed by atoms with Crippen molar-refractivity contribution in [2.75, 3.05) is 0 Å². The first-order chi connectivity index (χ1) is 18.7. The minimum atomic E-state index is -10.7. The number of halogens is 12. The van der Waals surface area contributed by atoms with Gasteiger partial charge in [-0.25, -0.2) is 0 Å². The molecule has 0 saturated carbocycles. The fourth-order valence-corrected chi connectivity index (χ4v) is 3.00. The molecule has 0 fully saturated rings. The zero-order valence-electron chi connectivity index (χ0n) is 20.5. The summed E-state index contributed by atoms with van der Waals surface area (Å²) in [5.74, 6) is 0. The molecule has 0 bridgehead atoms. The first-order valence-electron chi connectivity index (χ1n) is 10.8. The van der Waals surface area contributed by atoms with Crippen molar-refractivity contribution in [2.24, 2.45) is 0 Å². The van der Waals surface area contributed by atoms with Crippen LogP contribution >= 0.6 is 15.6 Å². The molecule has 0 saturated heterocycles. The van der Waals surface area contributed by atoms with Gasteiger partial charge in [0.25, 0.3) is 0 Å². The van der Waals surface area contributed by atoms with E-state index in [2.05, 4.69) is 36.4 Å². The second-order valence-electron chi connectivity index (χ2n) is 8.22. The molecule has 0 radical (unpaired) electrons. The maximum Gasteiger partial charge on any atom is 0.210 e. The minimum Gasteiger partial charge on any atom is -0.192 e. The molecule has 2 aromatic heterocycles. The number of benzene rings is 2. The van der Waals surface area contributed by atoms with Gasteiger partial charge in [0.05, 0.1) is 23.3 Å². The van der Waals surface area contributed by atoms with E-state index in [0.29, 0.717) is 11.1 Å². The van der Waals surface area contributed by atoms with Crippen LogP contribution in [0.1, 0.15) is 11.1 Å². The molecule has 0 spiro atoms. The first kappa shape index (κ1) is 33.9. The van der Waals surface area contributed by atoms with E-state index in [4.69, 9.17) is 10.5 Å². The number of nitrogens with zero attached hydrogens (tertiary/aromatic N) is 4. The van der Waals surface area contributed by atoms with Crippen LogP contribution in [-0.4, -0.2) is 0 Å². The van der Waals surface area contributed by atoms with Crippen molar-refractivity contribution in [3.05, 3.63) is 109 Å². The molecule has 0 unspecified atom stereocenters. The average Bonchev–Trinajstić information content (AvgIpc) is 2.85. The van der Waals surface area contributed by atoms with E-state index in [9.17, 15) is 50.4 Å². The molecule has 42 heavy (non-hydrogen) atoms. The molecule has 2 heterocycles. The van der Waals surface area contributed by atoms with Gasteiger partial charge in [0.1, 0.15) is 0 Å². The summed E-state index contributed by atoms with van der Waals surface area (Å²) in [6.45, 7) is 0. The van der Waals surface area contributed by atoms with Gasteiger partial charge in [0.2, 0.25) is 11.4 Å². The van der Waals surface area contributed by atoms with Crippen molar-refractivity contribution in [1.82, 2.24) is 0 Å². The van der Waals surface area contributed by atoms with Crippen LogP contribution in [0.25, 0.3) is 22.5 Å². The Morgan fingerprint density at radius 1 is 0.405 bits per heavy atom. The van der Waals surface area contributed by atoms with E-state index in [-0.39, 0.29) is 0 Å². The van der Waals surface area contributed by atoms with E-state index in [1.807, 2.05) is 82.5 Å². The smallest absolute Gasteiger partial charge is 0.192 e. The molecule has 0 aliphatic heterocycles. The first-order valence-corrected chi connectivity index (χ1v) is 14.9. The summed E-state index contributed by atoms with van der Waals surface area (Å²) in [6, 6.07) is 27.5. The van der Waals surface area contributed by atoms with Crippen molar-refractivity contribution in [3.8, 4) is 34.6 Å². The van der Waals surface area contributed by atoms with Crippen LogP contribution in [-0.2, 0) is 0 Å². The van der Waals surface area contributed by atoms with Crippen molar-refractivity contribution >= 4 is 15.6 Å². The number of aromatic nitrogens is 2. The van der Waals surface area contributed by atoms with Crippen LogP contribution in [0.3, 0.4) is 0 Å². The third-order valence-electron chi connectivity index (χ3n) is 4.58. The SMILES string of the molecule is F[P-](F)(F)(F)(F)F.F[P-](F)(F)(F)(F)F.N#Cc1ccc(-[n+]2ccc(-c3cc[n+](-c4ccc(C#N)cc4)cc3)cc2)cc1. The second-order valence-corrected chi connectivity index (χ2v) is 12.1. The molecule has 4 nitrogen and oxygen atoms in total. The third-order valence-corrected chi connectivity index (χ3v) is 4.58. The fraction of sp³-hybridized carbons (Fsp3) is 0. The summed E-state index contributed by atoms with van der Waals surface area (Å²) in [5.41, 5.74) is 5.57. The molecule has 4 rings (SSSR count). The molecule has 226 valence electrons. The molecule has 4 aromatic rings. The van der Waals surface area contributed by atoms with Crippen LogP contribution in [0, 0.1) is 22.7 Å². The van der Waals surface area contributed by atoms with Gasteiger partial charge in [-0.15, -0.1) is 0 Å². The largest absolute Gasteiger partial charge is 0.210 e. The van der Waals surface area contributed by atoms with Crippen molar-refractivity contribution in [1.29, 1.82) is 10.5 Å². The van der Waals surface area contributed by atoms with Gasteiger partial charge >= 0.3 is 66.0 Å². The van der Waals surface area contributed by atoms with Crippen molar-refractivity contribution in [3.63, 3.8) is 0 Å². The standard InChI is InChI=1S/C24H16N4.2F6P/c25-17-19-1-5-23(6-2-19)27-13-9-21(10-14-27)22-11-15-28(16-12-22)24-7-3-20(18-26)4-8-24;2*1-7(2,3,4,5)6/h1-16H;;/q+2;2*-1. The molecule has 0 N–H and O–H groups in total. The predicted molar refractivity (Wildman–Crippen MR) is 132 cm³/mol. The van der Waals surface area contributed by atoms with Crippen LogP contribution in [0.2, 0.25) is 0 Å². The molecule has 0 aliphatic carbocycles. The number of nitriles is 2. The topological polar surface area (TPSA) is 55.3 Å². The number of hydrogen-bond acceptors (Lipinski definition) is 2. The van der Waals surface area contributed by atoms with Gasteiger partial charge in [-0.1, -0.05) is 0 Å². The Hall–Kier alpha value is -4.26. The van der Waals surface area contributed by atoms with E-state index in [0.717, 1.165) is 22.5 Å². The van der Waals surface area contributed by atoms with E-state index >= 15 is 0 Å². The van der Waals surface area contributed by atoms with Gasteiger partial charge in [0.15, 0.2) is 24.8 Å². The van der Waals surface area contributed by atoms with Gasteiger partial charge in [-0.05, 0) is 35.4 Å². The van der Waals surface area contributed by atoms with Gasteiger partial charge in [0, 0.05) is 48.5 Å². The predicted octanol–water partition coefficient (Wildman–Crippen LogP) is 10.4. The van der Waals surface area contributed by atoms with Crippen LogP contribution < -0.4 is 9.13 Å². The monoisotopic (exact) mass is 650 g/mol. The Balaban J connectivity index is 0.000000367. The van der Waals surface area contributed by atoms with Gasteiger partial charge < -0.3 is 0 Å². The molecule has 0 aliphatic rings. The fourth-order valence-electron chi connectivity index (χ4n) is 3.00. The molecule has 0 amide bonds. The molecule has 18 heteroatoms. The quantitative estimate of drug-likeness (QED) is 0.126. The third kappa shape index (κ3) is 16.1. The summed E-state index contributed by atoms with van der Waals surface area (Å²) in [5, 5.41) is 17.8. The van der Waals surface area contributed by atoms with Crippen LogP contribution in [0.5, 0.6) is 0 Å². The normalized spacial score (nSPS) is 14.4. The van der Waals surface area contributed by atoms with Crippen molar-refractivity contribution in [2.45, 2.75) is 0 Å². The summed E-state index contributed by atoms with van der Waals surface area (Å²) in [6.07, 6.45) is 8.05. The Morgan fingerprint density at radius 3 is 0.810 bits per heavy atom. The summed E-state index contributed by atoms with van der Waals surface area (Å²) in [7, 11) is -21.3. The number of rotatable bonds is 3. The Bertz CT molecular complexity index is 1470. The molecule has 0 atom stereocenters. The van der Waals surface area contributed by atoms with Crippen LogP contribution in [0.15, 0.2) is 97.6 Å². The second kappa shape index (κ2) is 10.2. The molecule has 2 aromatic carbocycles. The minimum absolute atomic E-state index is 0.654. The van der Waals surface area contributed by atoms with Gasteiger partial charge in [-0.3, -0.25) is 0 Å². The summed E-state index contributed by atoms with van der Waals surface area (Å²) < 4.78 is 122. The Morgan fingerprint density at radius 2 is 0.619 bits per heavy atom. The number of hydrogen-bond donors (Lipinski definition) is 0. The maximum absolute atomic E-state index is 10.7.